The van der Waals surface area contributed by atoms with Crippen LogP contribution in [0.4, 0.5) is 0 Å². The van der Waals surface area contributed by atoms with Crippen LogP contribution < -0.4 is 0 Å². The molecule has 3 heteroatoms. The molecule has 0 fully saturated rings. The number of aryl methyl sites for hydroxylation is 1. The number of hydrogen-bond donors (Lipinski definition) is 0. The molecule has 1 aromatic carbocycles. The maximum atomic E-state index is 5.81. The number of isothiocyanates is 1. The summed E-state index contributed by atoms with van der Waals surface area (Å²) in [4.78, 5) is 3.85. The van der Waals surface area contributed by atoms with Gasteiger partial charge in [-0.15, -0.1) is 0 Å². The molecular formula is C9H8ClNS. The Morgan fingerprint density at radius 1 is 1.58 bits per heavy atom. The van der Waals surface area contributed by atoms with Gasteiger partial charge >= 0.3 is 0 Å². The average molecular weight is 198 g/mol. The summed E-state index contributed by atoms with van der Waals surface area (Å²) in [5.74, 6) is 0. The zero-order chi connectivity index (χ0) is 8.97. The normalized spacial score (nSPS) is 9.17. The Morgan fingerprint density at radius 3 is 3.00 bits per heavy atom. The van der Waals surface area contributed by atoms with E-state index in [1.807, 2.05) is 25.1 Å². The van der Waals surface area contributed by atoms with E-state index in [1.165, 1.54) is 5.56 Å². The summed E-state index contributed by atoms with van der Waals surface area (Å²) in [5.41, 5.74) is 2.27. The van der Waals surface area contributed by atoms with E-state index < -0.39 is 0 Å². The molecule has 0 heterocycles. The first-order valence-corrected chi connectivity index (χ1v) is 4.31. The van der Waals surface area contributed by atoms with Crippen molar-refractivity contribution in [3.63, 3.8) is 0 Å². The maximum absolute atomic E-state index is 5.81. The van der Waals surface area contributed by atoms with Gasteiger partial charge in [0.05, 0.1) is 11.7 Å². The highest BCUT2D eigenvalue weighted by molar-refractivity contribution is 7.78. The Kier molecular flexibility index (Phi) is 3.42. The minimum Gasteiger partial charge on any atom is -0.228 e. The first-order chi connectivity index (χ1) is 5.74. The number of thiocarbonyl (C=S) groups is 1. The molecule has 0 atom stereocenters. The van der Waals surface area contributed by atoms with Crippen molar-refractivity contribution in [1.29, 1.82) is 0 Å². The van der Waals surface area contributed by atoms with Gasteiger partial charge in [-0.3, -0.25) is 0 Å². The van der Waals surface area contributed by atoms with Crippen LogP contribution in [0.3, 0.4) is 0 Å². The Morgan fingerprint density at radius 2 is 2.33 bits per heavy atom. The quantitative estimate of drug-likeness (QED) is 0.524. The molecule has 0 radical (unpaired) electrons. The predicted octanol–water partition coefficient (Wildman–Crippen LogP) is 3.25. The summed E-state index contributed by atoms with van der Waals surface area (Å²) in [5, 5.41) is 3.06. The molecule has 0 N–H and O–H groups in total. The van der Waals surface area contributed by atoms with Crippen molar-refractivity contribution in [1.82, 2.24) is 0 Å². The molecule has 0 saturated heterocycles. The molecule has 0 aliphatic heterocycles. The zero-order valence-corrected chi connectivity index (χ0v) is 8.25. The van der Waals surface area contributed by atoms with E-state index in [2.05, 4.69) is 22.4 Å². The molecule has 0 aliphatic carbocycles. The lowest BCUT2D eigenvalue weighted by Gasteiger charge is -2.01. The van der Waals surface area contributed by atoms with Gasteiger partial charge in [0.2, 0.25) is 0 Å². The van der Waals surface area contributed by atoms with Crippen molar-refractivity contribution < 1.29 is 0 Å². The number of aliphatic imine (C=N–C) groups is 1. The SMILES string of the molecule is Cc1ccc(Cl)cc1CN=C=S. The maximum Gasteiger partial charge on any atom is 0.0746 e. The second-order valence-corrected chi connectivity index (χ2v) is 3.10. The lowest BCUT2D eigenvalue weighted by atomic mass is 10.1. The van der Waals surface area contributed by atoms with Crippen LogP contribution in [0, 0.1) is 6.92 Å². The predicted molar refractivity (Wildman–Crippen MR) is 54.9 cm³/mol. The zero-order valence-electron chi connectivity index (χ0n) is 6.67. The second kappa shape index (κ2) is 4.36. The summed E-state index contributed by atoms with van der Waals surface area (Å²) in [6, 6.07) is 5.73. The van der Waals surface area contributed by atoms with E-state index in [4.69, 9.17) is 11.6 Å². The summed E-state index contributed by atoms with van der Waals surface area (Å²) in [6.07, 6.45) is 0. The van der Waals surface area contributed by atoms with Crippen LogP contribution in [0.25, 0.3) is 0 Å². The number of rotatable bonds is 2. The van der Waals surface area contributed by atoms with Gasteiger partial charge in [-0.05, 0) is 42.4 Å². The highest BCUT2D eigenvalue weighted by atomic mass is 35.5. The molecule has 0 aliphatic rings. The summed E-state index contributed by atoms with van der Waals surface area (Å²) < 4.78 is 0. The van der Waals surface area contributed by atoms with Gasteiger partial charge in [-0.1, -0.05) is 17.7 Å². The fourth-order valence-corrected chi connectivity index (χ4v) is 1.19. The van der Waals surface area contributed by atoms with Crippen LogP contribution in [0.5, 0.6) is 0 Å². The number of halogens is 1. The third-order valence-electron chi connectivity index (χ3n) is 1.63. The Labute approximate surface area is 82.1 Å². The molecule has 1 nitrogen and oxygen atoms in total. The van der Waals surface area contributed by atoms with E-state index in [-0.39, 0.29) is 0 Å². The van der Waals surface area contributed by atoms with Crippen LogP contribution in [0.1, 0.15) is 11.1 Å². The van der Waals surface area contributed by atoms with E-state index in [0.717, 1.165) is 10.6 Å². The van der Waals surface area contributed by atoms with Gasteiger partial charge in [0, 0.05) is 5.02 Å². The largest absolute Gasteiger partial charge is 0.228 e. The lowest BCUT2D eigenvalue weighted by Crippen LogP contribution is -1.85. The topological polar surface area (TPSA) is 12.4 Å². The fraction of sp³-hybridized carbons (Fsp3) is 0.222. The van der Waals surface area contributed by atoms with Crippen LogP contribution in [0.2, 0.25) is 5.02 Å². The minimum absolute atomic E-state index is 0.565. The summed E-state index contributed by atoms with van der Waals surface area (Å²) in [6.45, 7) is 2.58. The van der Waals surface area contributed by atoms with E-state index in [1.54, 1.807) is 0 Å². The van der Waals surface area contributed by atoms with Crippen LogP contribution in [-0.4, -0.2) is 5.16 Å². The molecular weight excluding hydrogens is 190 g/mol. The molecule has 0 saturated carbocycles. The summed E-state index contributed by atoms with van der Waals surface area (Å²) >= 11 is 10.3. The minimum atomic E-state index is 0.565. The van der Waals surface area contributed by atoms with Crippen molar-refractivity contribution >= 4 is 29.0 Å². The summed E-state index contributed by atoms with van der Waals surface area (Å²) in [7, 11) is 0. The molecule has 0 unspecified atom stereocenters. The third-order valence-corrected chi connectivity index (χ3v) is 1.99. The standard InChI is InChI=1S/C9H8ClNS/c1-7-2-3-9(10)4-8(7)5-11-6-12/h2-4H,5H2,1H3. The highest BCUT2D eigenvalue weighted by Gasteiger charge is 1.97. The molecule has 0 spiro atoms. The van der Waals surface area contributed by atoms with Crippen LogP contribution in [0.15, 0.2) is 23.2 Å². The van der Waals surface area contributed by atoms with Gasteiger partial charge in [-0.2, -0.15) is 0 Å². The monoisotopic (exact) mass is 197 g/mol. The lowest BCUT2D eigenvalue weighted by molar-refractivity contribution is 1.06. The average Bonchev–Trinajstić information content (AvgIpc) is 2.07. The van der Waals surface area contributed by atoms with Gasteiger partial charge < -0.3 is 0 Å². The number of hydrogen-bond acceptors (Lipinski definition) is 2. The number of benzene rings is 1. The van der Waals surface area contributed by atoms with Crippen LogP contribution >= 0.6 is 23.8 Å². The Balaban J connectivity index is 2.96. The van der Waals surface area contributed by atoms with Gasteiger partial charge in [-0.25, -0.2) is 4.99 Å². The van der Waals surface area contributed by atoms with Gasteiger partial charge in [0.15, 0.2) is 0 Å². The molecule has 0 amide bonds. The van der Waals surface area contributed by atoms with Crippen molar-refractivity contribution in [3.8, 4) is 0 Å². The van der Waals surface area contributed by atoms with E-state index >= 15 is 0 Å². The second-order valence-electron chi connectivity index (χ2n) is 2.48. The first kappa shape index (κ1) is 9.40. The fourth-order valence-electron chi connectivity index (χ4n) is 0.928. The number of nitrogens with zero attached hydrogens (tertiary/aromatic N) is 1. The first-order valence-electron chi connectivity index (χ1n) is 3.52. The molecule has 62 valence electrons. The van der Waals surface area contributed by atoms with Crippen molar-refractivity contribution in [2.75, 3.05) is 0 Å². The third kappa shape index (κ3) is 2.42. The Bertz CT molecular complexity index is 329. The highest BCUT2D eigenvalue weighted by Crippen LogP contribution is 2.15. The van der Waals surface area contributed by atoms with E-state index in [0.29, 0.717) is 6.54 Å². The van der Waals surface area contributed by atoms with Crippen molar-refractivity contribution in [2.45, 2.75) is 13.5 Å². The Hall–Kier alpha value is -0.690. The van der Waals surface area contributed by atoms with Crippen molar-refractivity contribution in [2.24, 2.45) is 4.99 Å². The molecule has 1 rings (SSSR count). The smallest absolute Gasteiger partial charge is 0.0746 e. The van der Waals surface area contributed by atoms with E-state index in [9.17, 15) is 0 Å². The molecule has 0 aromatic heterocycles. The van der Waals surface area contributed by atoms with Gasteiger partial charge in [0.1, 0.15) is 0 Å². The molecule has 0 bridgehead atoms. The molecule has 1 aromatic rings. The van der Waals surface area contributed by atoms with Crippen LogP contribution in [-0.2, 0) is 6.54 Å². The van der Waals surface area contributed by atoms with Gasteiger partial charge in [0.25, 0.3) is 0 Å². The van der Waals surface area contributed by atoms with Crippen molar-refractivity contribution in [3.05, 3.63) is 34.3 Å². The molecule has 12 heavy (non-hydrogen) atoms.